The van der Waals surface area contributed by atoms with Crippen LogP contribution in [0.25, 0.3) is 21.6 Å². The second-order valence-electron chi connectivity index (χ2n) is 6.43. The first-order valence-corrected chi connectivity index (χ1v) is 10.4. The number of rotatable bonds is 6. The number of hydrogen-bond donors (Lipinski definition) is 2. The molecule has 3 rings (SSSR count). The van der Waals surface area contributed by atoms with Crippen LogP contribution in [-0.4, -0.2) is 40.1 Å². The van der Waals surface area contributed by atoms with E-state index in [1.165, 1.54) is 6.20 Å². The average Bonchev–Trinajstić information content (AvgIpc) is 3.06. The summed E-state index contributed by atoms with van der Waals surface area (Å²) in [6.45, 7) is 8.28. The quantitative estimate of drug-likeness (QED) is 0.573. The molecule has 2 N–H and O–H groups in total. The molecule has 9 heteroatoms. The lowest BCUT2D eigenvalue weighted by molar-refractivity contribution is 0.0526. The molecule has 0 aliphatic heterocycles. The number of pyridine rings is 2. The lowest BCUT2D eigenvalue weighted by atomic mass is 10.0. The van der Waals surface area contributed by atoms with Crippen LogP contribution in [0.1, 0.15) is 34.9 Å². The molecular weight excluding hydrogens is 402 g/mol. The zero-order valence-electron chi connectivity index (χ0n) is 17.3. The second kappa shape index (κ2) is 9.45. The van der Waals surface area contributed by atoms with Gasteiger partial charge in [-0.15, -0.1) is 11.3 Å². The van der Waals surface area contributed by atoms with E-state index in [9.17, 15) is 9.59 Å². The topological polar surface area (TPSA) is 106 Å². The van der Waals surface area contributed by atoms with Crippen molar-refractivity contribution >= 4 is 29.2 Å². The third-order valence-corrected chi connectivity index (χ3v) is 5.30. The molecule has 0 saturated carbocycles. The minimum Gasteiger partial charge on any atom is -0.462 e. The summed E-state index contributed by atoms with van der Waals surface area (Å²) in [5.74, 6) is -0.0136. The molecule has 8 nitrogen and oxygen atoms in total. The first kappa shape index (κ1) is 21.4. The number of anilines is 1. The number of urea groups is 1. The fraction of sp³-hybridized carbons (Fsp3) is 0.286. The molecule has 0 fully saturated rings. The molecule has 0 saturated heterocycles. The number of esters is 1. The Kier molecular flexibility index (Phi) is 6.73. The summed E-state index contributed by atoms with van der Waals surface area (Å²) < 4.78 is 5.09. The Morgan fingerprint density at radius 3 is 2.57 bits per heavy atom. The summed E-state index contributed by atoms with van der Waals surface area (Å²) in [5.41, 5.74) is 3.59. The SMILES string of the molecule is CCNC(=O)Nc1cc(-c2sc(C)nc2C)c(-c2cncc(C(=O)OCC)c2)cn1. The number of hydrogen-bond acceptors (Lipinski definition) is 7. The lowest BCUT2D eigenvalue weighted by Crippen LogP contribution is -2.28. The minimum absolute atomic E-state index is 0.287. The number of nitrogens with one attached hydrogen (secondary N) is 2. The van der Waals surface area contributed by atoms with Gasteiger partial charge in [0.05, 0.1) is 27.7 Å². The zero-order chi connectivity index (χ0) is 21.7. The highest BCUT2D eigenvalue weighted by atomic mass is 32.1. The smallest absolute Gasteiger partial charge is 0.339 e. The normalized spacial score (nSPS) is 10.5. The Labute approximate surface area is 178 Å². The highest BCUT2D eigenvalue weighted by Crippen LogP contribution is 2.38. The molecule has 3 aromatic heterocycles. The molecule has 0 spiro atoms. The van der Waals surface area contributed by atoms with Crippen molar-refractivity contribution in [2.75, 3.05) is 18.5 Å². The van der Waals surface area contributed by atoms with Gasteiger partial charge in [0.1, 0.15) is 5.82 Å². The van der Waals surface area contributed by atoms with Crippen LogP contribution in [0.5, 0.6) is 0 Å². The van der Waals surface area contributed by atoms with Crippen LogP contribution < -0.4 is 10.6 Å². The standard InChI is InChI=1S/C21H23N5O3S/c1-5-23-21(28)26-18-8-16(19-12(3)25-13(4)30-19)17(11-24-18)14-7-15(10-22-9-14)20(27)29-6-2/h7-11H,5-6H2,1-4H3,(H2,23,24,26,28). The monoisotopic (exact) mass is 425 g/mol. The van der Waals surface area contributed by atoms with Gasteiger partial charge in [0.15, 0.2) is 0 Å². The van der Waals surface area contributed by atoms with Gasteiger partial charge in [0.25, 0.3) is 0 Å². The van der Waals surface area contributed by atoms with Gasteiger partial charge in [0, 0.05) is 41.8 Å². The molecule has 0 bridgehead atoms. The number of carbonyl (C=O) groups excluding carboxylic acids is 2. The van der Waals surface area contributed by atoms with Crippen molar-refractivity contribution in [3.05, 3.63) is 47.0 Å². The van der Waals surface area contributed by atoms with Crippen LogP contribution >= 0.6 is 11.3 Å². The van der Waals surface area contributed by atoms with Crippen molar-refractivity contribution < 1.29 is 14.3 Å². The number of ether oxygens (including phenoxy) is 1. The van der Waals surface area contributed by atoms with E-state index < -0.39 is 5.97 Å². The first-order chi connectivity index (χ1) is 14.4. The number of nitrogens with zero attached hydrogens (tertiary/aromatic N) is 3. The molecule has 0 atom stereocenters. The maximum Gasteiger partial charge on any atom is 0.339 e. The minimum atomic E-state index is -0.430. The third-order valence-electron chi connectivity index (χ3n) is 4.19. The molecule has 0 aliphatic rings. The van der Waals surface area contributed by atoms with E-state index in [1.807, 2.05) is 26.8 Å². The Morgan fingerprint density at radius 1 is 1.10 bits per heavy atom. The van der Waals surface area contributed by atoms with Gasteiger partial charge in [-0.3, -0.25) is 10.3 Å². The molecule has 2 amide bonds. The third kappa shape index (κ3) is 4.80. The van der Waals surface area contributed by atoms with Crippen molar-refractivity contribution in [3.63, 3.8) is 0 Å². The highest BCUT2D eigenvalue weighted by Gasteiger charge is 2.17. The van der Waals surface area contributed by atoms with Crippen LogP contribution in [-0.2, 0) is 4.74 Å². The number of amides is 2. The van der Waals surface area contributed by atoms with Crippen molar-refractivity contribution in [3.8, 4) is 21.6 Å². The largest absolute Gasteiger partial charge is 0.462 e. The van der Waals surface area contributed by atoms with E-state index in [-0.39, 0.29) is 12.6 Å². The Hall–Kier alpha value is -3.33. The Morgan fingerprint density at radius 2 is 1.90 bits per heavy atom. The maximum absolute atomic E-state index is 12.1. The Bertz CT molecular complexity index is 1080. The second-order valence-corrected chi connectivity index (χ2v) is 7.63. The molecule has 3 heterocycles. The summed E-state index contributed by atoms with van der Waals surface area (Å²) in [4.78, 5) is 38.1. The average molecular weight is 426 g/mol. The highest BCUT2D eigenvalue weighted by molar-refractivity contribution is 7.15. The molecule has 3 aromatic rings. The summed E-state index contributed by atoms with van der Waals surface area (Å²) in [7, 11) is 0. The molecule has 0 radical (unpaired) electrons. The maximum atomic E-state index is 12.1. The van der Waals surface area contributed by atoms with E-state index in [1.54, 1.807) is 36.7 Å². The van der Waals surface area contributed by atoms with E-state index in [0.717, 1.165) is 32.3 Å². The molecule has 156 valence electrons. The van der Waals surface area contributed by atoms with Gasteiger partial charge in [-0.2, -0.15) is 0 Å². The number of carbonyl (C=O) groups is 2. The van der Waals surface area contributed by atoms with Crippen LogP contribution in [0.4, 0.5) is 10.6 Å². The van der Waals surface area contributed by atoms with Crippen LogP contribution in [0.2, 0.25) is 0 Å². The summed E-state index contributed by atoms with van der Waals surface area (Å²) >= 11 is 1.55. The van der Waals surface area contributed by atoms with Gasteiger partial charge in [-0.1, -0.05) is 0 Å². The van der Waals surface area contributed by atoms with Gasteiger partial charge < -0.3 is 10.1 Å². The fourth-order valence-corrected chi connectivity index (χ4v) is 3.91. The summed E-state index contributed by atoms with van der Waals surface area (Å²) in [5, 5.41) is 6.36. The molecule has 0 unspecified atom stereocenters. The number of aryl methyl sites for hydroxylation is 2. The summed E-state index contributed by atoms with van der Waals surface area (Å²) in [6, 6.07) is 3.21. The van der Waals surface area contributed by atoms with Crippen molar-refractivity contribution in [2.24, 2.45) is 0 Å². The lowest BCUT2D eigenvalue weighted by Gasteiger charge is -2.12. The van der Waals surface area contributed by atoms with Crippen LogP contribution in [0, 0.1) is 13.8 Å². The van der Waals surface area contributed by atoms with Gasteiger partial charge >= 0.3 is 12.0 Å². The zero-order valence-corrected chi connectivity index (χ0v) is 18.1. The van der Waals surface area contributed by atoms with E-state index >= 15 is 0 Å². The number of thiazole rings is 1. The van der Waals surface area contributed by atoms with Gasteiger partial charge in [-0.05, 0) is 39.8 Å². The molecule has 30 heavy (non-hydrogen) atoms. The fourth-order valence-electron chi connectivity index (χ4n) is 2.96. The Balaban J connectivity index is 2.10. The molecule has 0 aromatic carbocycles. The molecular formula is C21H23N5O3S. The predicted molar refractivity (Wildman–Crippen MR) is 117 cm³/mol. The van der Waals surface area contributed by atoms with E-state index in [0.29, 0.717) is 17.9 Å². The predicted octanol–water partition coefficient (Wildman–Crippen LogP) is 4.20. The van der Waals surface area contributed by atoms with Gasteiger partial charge in [-0.25, -0.2) is 19.6 Å². The molecule has 0 aliphatic carbocycles. The first-order valence-electron chi connectivity index (χ1n) is 9.54. The summed E-state index contributed by atoms with van der Waals surface area (Å²) in [6.07, 6.45) is 4.81. The van der Waals surface area contributed by atoms with Crippen molar-refractivity contribution in [1.82, 2.24) is 20.3 Å². The van der Waals surface area contributed by atoms with E-state index in [4.69, 9.17) is 4.74 Å². The van der Waals surface area contributed by atoms with Crippen LogP contribution in [0.15, 0.2) is 30.7 Å². The van der Waals surface area contributed by atoms with Crippen molar-refractivity contribution in [2.45, 2.75) is 27.7 Å². The van der Waals surface area contributed by atoms with E-state index in [2.05, 4.69) is 25.6 Å². The van der Waals surface area contributed by atoms with Gasteiger partial charge in [0.2, 0.25) is 0 Å². The number of aromatic nitrogens is 3. The van der Waals surface area contributed by atoms with Crippen molar-refractivity contribution in [1.29, 1.82) is 0 Å². The van der Waals surface area contributed by atoms with Crippen LogP contribution in [0.3, 0.4) is 0 Å².